The number of pyridine rings is 1. The van der Waals surface area contributed by atoms with Gasteiger partial charge in [-0.1, -0.05) is 73.7 Å². The van der Waals surface area contributed by atoms with Crippen LogP contribution < -0.4 is 14.2 Å². The molecule has 0 bridgehead atoms. The molecule has 1 aromatic heterocycles. The third-order valence-electron chi connectivity index (χ3n) is 9.96. The summed E-state index contributed by atoms with van der Waals surface area (Å²) < 4.78 is 53.8. The predicted octanol–water partition coefficient (Wildman–Crippen LogP) is 6.07. The van der Waals surface area contributed by atoms with E-state index in [9.17, 15) is 13.5 Å². The average molecular weight is 710 g/mol. The molecule has 3 heterocycles. The molecule has 266 valence electrons. The number of hydrogen-bond donors (Lipinski definition) is 2. The first-order valence-corrected chi connectivity index (χ1v) is 18.6. The zero-order chi connectivity index (χ0) is 35.5. The second-order valence-corrected chi connectivity index (χ2v) is 14.9. The number of ether oxygens (including phenoxy) is 4. The van der Waals surface area contributed by atoms with Crippen molar-refractivity contribution >= 4 is 20.9 Å². The Morgan fingerprint density at radius 3 is 2.29 bits per heavy atom. The summed E-state index contributed by atoms with van der Waals surface area (Å²) in [5, 5.41) is 10.4. The first-order chi connectivity index (χ1) is 24.8. The van der Waals surface area contributed by atoms with Crippen LogP contribution in [0, 0.1) is 5.92 Å². The third kappa shape index (κ3) is 7.50. The molecule has 7 rings (SSSR count). The van der Waals surface area contributed by atoms with Gasteiger partial charge in [0.2, 0.25) is 10.0 Å². The highest BCUT2D eigenvalue weighted by Gasteiger charge is 2.39. The number of methoxy groups -OCH3 is 2. The molecule has 0 spiro atoms. The topological polar surface area (TPSA) is 119 Å². The number of rotatable bonds is 11. The lowest BCUT2D eigenvalue weighted by Gasteiger charge is -2.43. The van der Waals surface area contributed by atoms with Gasteiger partial charge in [-0.05, 0) is 58.5 Å². The van der Waals surface area contributed by atoms with Crippen molar-refractivity contribution in [1.29, 1.82) is 0 Å². The summed E-state index contributed by atoms with van der Waals surface area (Å²) in [6.45, 7) is 4.62. The van der Waals surface area contributed by atoms with Crippen LogP contribution in [0.4, 0.5) is 0 Å². The van der Waals surface area contributed by atoms with Gasteiger partial charge in [0.1, 0.15) is 4.90 Å². The molecule has 0 radical (unpaired) electrons. The second kappa shape index (κ2) is 15.1. The smallest absolute Gasteiger partial charge is 0.243 e. The van der Waals surface area contributed by atoms with Gasteiger partial charge in [0.25, 0.3) is 0 Å². The minimum Gasteiger partial charge on any atom is -0.493 e. The normalized spacial score (nSPS) is 20.9. The highest BCUT2D eigenvalue weighted by molar-refractivity contribution is 7.89. The van der Waals surface area contributed by atoms with Crippen molar-refractivity contribution in [3.05, 3.63) is 131 Å². The Morgan fingerprint density at radius 2 is 1.57 bits per heavy atom. The maximum Gasteiger partial charge on any atom is 0.243 e. The third-order valence-corrected chi connectivity index (χ3v) is 11.4. The van der Waals surface area contributed by atoms with Crippen LogP contribution in [0.5, 0.6) is 11.5 Å². The molecule has 11 heteroatoms. The van der Waals surface area contributed by atoms with Crippen LogP contribution in [0.2, 0.25) is 0 Å². The molecule has 2 aliphatic heterocycles. The molecule has 0 amide bonds. The van der Waals surface area contributed by atoms with Crippen molar-refractivity contribution in [2.45, 2.75) is 56.4 Å². The van der Waals surface area contributed by atoms with Crippen molar-refractivity contribution < 1.29 is 32.5 Å². The number of nitrogens with one attached hydrogen (secondary N) is 1. The lowest BCUT2D eigenvalue weighted by molar-refractivity contribution is -0.276. The summed E-state index contributed by atoms with van der Waals surface area (Å²) in [5.41, 5.74) is 6.42. The Bertz CT molecular complexity index is 2090. The molecular weight excluding hydrogens is 667 g/mol. The van der Waals surface area contributed by atoms with Crippen molar-refractivity contribution in [3.8, 4) is 11.5 Å². The molecule has 4 unspecified atom stereocenters. The molecule has 2 N–H and O–H groups in total. The van der Waals surface area contributed by atoms with E-state index in [4.69, 9.17) is 18.9 Å². The first-order valence-electron chi connectivity index (χ1n) is 17.2. The van der Waals surface area contributed by atoms with Gasteiger partial charge in [-0.15, -0.1) is 0 Å². The fourth-order valence-corrected chi connectivity index (χ4v) is 8.22. The monoisotopic (exact) mass is 709 g/mol. The summed E-state index contributed by atoms with van der Waals surface area (Å²) in [7, 11) is -0.490. The number of aromatic nitrogens is 1. The van der Waals surface area contributed by atoms with E-state index in [0.717, 1.165) is 58.6 Å². The zero-order valence-electron chi connectivity index (χ0n) is 29.0. The lowest BCUT2D eigenvalue weighted by atomic mass is 9.89. The minimum atomic E-state index is -3.81. The minimum absolute atomic E-state index is 0.0237. The second-order valence-electron chi connectivity index (χ2n) is 13.2. The molecule has 0 saturated carbocycles. The van der Waals surface area contributed by atoms with E-state index in [2.05, 4.69) is 33.7 Å². The van der Waals surface area contributed by atoms with Gasteiger partial charge in [0.05, 0.1) is 38.6 Å². The van der Waals surface area contributed by atoms with Crippen LogP contribution in [-0.2, 0) is 45.6 Å². The molecule has 5 aromatic rings. The van der Waals surface area contributed by atoms with Gasteiger partial charge in [0.15, 0.2) is 17.8 Å². The molecule has 0 aliphatic carbocycles. The number of fused-ring (bicyclic) bond motifs is 2. The van der Waals surface area contributed by atoms with Crippen LogP contribution in [0.1, 0.15) is 52.7 Å². The summed E-state index contributed by atoms with van der Waals surface area (Å²) in [4.78, 5) is 6.87. The summed E-state index contributed by atoms with van der Waals surface area (Å²) in [5.74, 6) is 1.50. The van der Waals surface area contributed by atoms with E-state index >= 15 is 0 Å². The molecular formula is C40H43N3O7S. The largest absolute Gasteiger partial charge is 0.493 e. The standard InChI is InChI=1S/C40H43N3O7S/c1-26-36(24-43-19-17-32-20-34(47-2)35(48-3)21-33(32)23-43)49-40(50-39(26)30-13-11-28(25-44)12-14-30)31-15-9-27(10-16-31)22-42-51(45,46)37-8-4-6-29-7-5-18-41-38(29)37/h4-16,18,20-21,26,36,39-40,42,44H,17,19,22-25H2,1-3H3. The van der Waals surface area contributed by atoms with Gasteiger partial charge >= 0.3 is 0 Å². The average Bonchev–Trinajstić information content (AvgIpc) is 3.17. The van der Waals surface area contributed by atoms with Crippen LogP contribution >= 0.6 is 0 Å². The number of hydrogen-bond acceptors (Lipinski definition) is 9. The number of para-hydroxylation sites is 1. The molecule has 51 heavy (non-hydrogen) atoms. The Kier molecular flexibility index (Phi) is 10.4. The van der Waals surface area contributed by atoms with Gasteiger partial charge < -0.3 is 24.1 Å². The molecule has 1 saturated heterocycles. The summed E-state index contributed by atoms with van der Waals surface area (Å²) in [6, 6.07) is 28.5. The van der Waals surface area contributed by atoms with E-state index in [0.29, 0.717) is 12.1 Å². The SMILES string of the molecule is COc1cc2c(cc1OC)CN(CC1OC(c3ccc(CNS(=O)(=O)c4cccc5cccnc45)cc3)OC(c3ccc(CO)cc3)C1C)CC2. The van der Waals surface area contributed by atoms with Gasteiger partial charge in [-0.3, -0.25) is 9.88 Å². The van der Waals surface area contributed by atoms with Crippen LogP contribution in [0.15, 0.2) is 102 Å². The molecule has 2 aliphatic rings. The van der Waals surface area contributed by atoms with Crippen molar-refractivity contribution in [1.82, 2.24) is 14.6 Å². The lowest BCUT2D eigenvalue weighted by Crippen LogP contribution is -2.45. The highest BCUT2D eigenvalue weighted by atomic mass is 32.2. The zero-order valence-corrected chi connectivity index (χ0v) is 29.8. The summed E-state index contributed by atoms with van der Waals surface area (Å²) >= 11 is 0. The van der Waals surface area contributed by atoms with Crippen molar-refractivity contribution in [3.63, 3.8) is 0 Å². The summed E-state index contributed by atoms with van der Waals surface area (Å²) in [6.07, 6.45) is 1.46. The van der Waals surface area contributed by atoms with Crippen LogP contribution in [-0.4, -0.2) is 56.8 Å². The van der Waals surface area contributed by atoms with E-state index in [1.54, 1.807) is 38.6 Å². The molecule has 4 atom stereocenters. The van der Waals surface area contributed by atoms with Gasteiger partial charge in [0, 0.05) is 49.2 Å². The highest BCUT2D eigenvalue weighted by Crippen LogP contribution is 2.42. The number of aliphatic hydroxyl groups excluding tert-OH is 1. The Labute approximate surface area is 299 Å². The van der Waals surface area contributed by atoms with Gasteiger partial charge in [-0.25, -0.2) is 13.1 Å². The molecule has 1 fully saturated rings. The van der Waals surface area contributed by atoms with E-state index in [-0.39, 0.29) is 36.2 Å². The number of sulfonamides is 1. The van der Waals surface area contributed by atoms with Crippen molar-refractivity contribution in [2.24, 2.45) is 5.92 Å². The van der Waals surface area contributed by atoms with E-state index in [1.165, 1.54) is 11.1 Å². The molecule has 10 nitrogen and oxygen atoms in total. The number of benzene rings is 4. The fourth-order valence-electron chi connectivity index (χ4n) is 7.02. The van der Waals surface area contributed by atoms with Crippen molar-refractivity contribution in [2.75, 3.05) is 27.3 Å². The Morgan fingerprint density at radius 1 is 0.882 bits per heavy atom. The van der Waals surface area contributed by atoms with Crippen LogP contribution in [0.3, 0.4) is 0 Å². The maximum absolute atomic E-state index is 13.3. The van der Waals surface area contributed by atoms with Gasteiger partial charge in [-0.2, -0.15) is 0 Å². The number of aliphatic hydroxyl groups is 1. The first kappa shape index (κ1) is 35.1. The van der Waals surface area contributed by atoms with E-state index < -0.39 is 16.3 Å². The fraction of sp³-hybridized carbons (Fsp3) is 0.325. The van der Waals surface area contributed by atoms with E-state index in [1.807, 2.05) is 60.7 Å². The maximum atomic E-state index is 13.3. The van der Waals surface area contributed by atoms with Crippen LogP contribution in [0.25, 0.3) is 10.9 Å². The Balaban J connectivity index is 1.09. The number of nitrogens with zero attached hydrogens (tertiary/aromatic N) is 2. The quantitative estimate of drug-likeness (QED) is 0.168. The molecule has 4 aromatic carbocycles. The Hall–Kier alpha value is -4.36. The predicted molar refractivity (Wildman–Crippen MR) is 194 cm³/mol.